The summed E-state index contributed by atoms with van der Waals surface area (Å²) < 4.78 is 0. The average molecular weight is 136 g/mol. The van der Waals surface area contributed by atoms with E-state index in [1.807, 2.05) is 0 Å². The van der Waals surface area contributed by atoms with Crippen LogP contribution in [0.15, 0.2) is 0 Å². The van der Waals surface area contributed by atoms with Gasteiger partial charge in [0.2, 0.25) is 0 Å². The molecule has 0 fully saturated rings. The van der Waals surface area contributed by atoms with E-state index in [4.69, 9.17) is 0 Å². The largest absolute Gasteiger partial charge is 0.357 e. The highest BCUT2D eigenvalue weighted by molar-refractivity contribution is 4.72. The first-order chi connectivity index (χ1) is 4.24. The molecule has 9 heavy (non-hydrogen) atoms. The Morgan fingerprint density at radius 2 is 0.889 bits per heavy atom. The average Bonchev–Trinajstić information content (AvgIpc) is 1.95. The Hall–Kier alpha value is -0.160. The van der Waals surface area contributed by atoms with Crippen molar-refractivity contribution in [1.82, 2.24) is 0 Å². The minimum absolute atomic E-state index is 0.222. The fourth-order valence-corrected chi connectivity index (χ4v) is 0.750. The summed E-state index contributed by atoms with van der Waals surface area (Å²) in [6, 6.07) is 0. The summed E-state index contributed by atoms with van der Waals surface area (Å²) in [4.78, 5) is 0. The van der Waals surface area contributed by atoms with E-state index in [9.17, 15) is 0 Å². The van der Waals surface area contributed by atoms with E-state index in [1.165, 1.54) is 0 Å². The van der Waals surface area contributed by atoms with Gasteiger partial charge in [0, 0.05) is 0 Å². The summed E-state index contributed by atoms with van der Waals surface area (Å²) in [6.07, 6.45) is 0. The second kappa shape index (κ2) is 3.79. The zero-order chi connectivity index (χ0) is 7.33. The van der Waals surface area contributed by atoms with Gasteiger partial charge >= 0.3 is 0 Å². The zero-order valence-electron chi connectivity index (χ0n) is 6.16. The van der Waals surface area contributed by atoms with Crippen molar-refractivity contribution in [2.24, 2.45) is 5.41 Å². The maximum absolute atomic E-state index is 3.85. The standard InChI is InChI=1S/C5H16N4/c6-1-5(2-7,3-8)4-9/h1-4,6-9H2/p+4. The highest BCUT2D eigenvalue weighted by Crippen LogP contribution is 2.03. The molecule has 0 aromatic heterocycles. The lowest BCUT2D eigenvalue weighted by atomic mass is 9.89. The minimum atomic E-state index is 0.222. The van der Waals surface area contributed by atoms with E-state index in [-0.39, 0.29) is 5.41 Å². The summed E-state index contributed by atoms with van der Waals surface area (Å²) in [5.41, 5.74) is 15.6. The molecule has 0 heterocycles. The van der Waals surface area contributed by atoms with Gasteiger partial charge in [-0.05, 0) is 0 Å². The molecule has 4 heteroatoms. The molecule has 0 aromatic rings. The first-order valence-corrected chi connectivity index (χ1v) is 3.41. The van der Waals surface area contributed by atoms with E-state index >= 15 is 0 Å². The molecule has 0 atom stereocenters. The molecule has 0 unspecified atom stereocenters. The molecule has 0 saturated heterocycles. The molecule has 56 valence electrons. The summed E-state index contributed by atoms with van der Waals surface area (Å²) in [7, 11) is 0. The van der Waals surface area contributed by atoms with Gasteiger partial charge < -0.3 is 22.9 Å². The van der Waals surface area contributed by atoms with Gasteiger partial charge in [0.1, 0.15) is 0 Å². The Bertz CT molecular complexity index is 51.8. The van der Waals surface area contributed by atoms with Gasteiger partial charge in [0.15, 0.2) is 5.41 Å². The van der Waals surface area contributed by atoms with E-state index in [0.717, 1.165) is 26.2 Å². The van der Waals surface area contributed by atoms with E-state index in [0.29, 0.717) is 0 Å². The first-order valence-electron chi connectivity index (χ1n) is 3.41. The van der Waals surface area contributed by atoms with Crippen LogP contribution in [0.3, 0.4) is 0 Å². The van der Waals surface area contributed by atoms with Gasteiger partial charge in [0.25, 0.3) is 0 Å². The quantitative estimate of drug-likeness (QED) is 0.296. The SMILES string of the molecule is [NH3+]CC(C[NH3+])(C[NH3+])C[NH3+]. The normalized spacial score (nSPS) is 12.0. The van der Waals surface area contributed by atoms with Gasteiger partial charge in [-0.2, -0.15) is 0 Å². The topological polar surface area (TPSA) is 111 Å². The number of hydrogen-bond acceptors (Lipinski definition) is 0. The van der Waals surface area contributed by atoms with E-state index in [1.54, 1.807) is 0 Å². The van der Waals surface area contributed by atoms with Crippen LogP contribution < -0.4 is 22.9 Å². The molecule has 0 rings (SSSR count). The van der Waals surface area contributed by atoms with Crippen LogP contribution in [0.1, 0.15) is 0 Å². The first kappa shape index (κ1) is 8.84. The summed E-state index contributed by atoms with van der Waals surface area (Å²) in [5, 5.41) is 0. The van der Waals surface area contributed by atoms with Crippen molar-refractivity contribution in [3.8, 4) is 0 Å². The van der Waals surface area contributed by atoms with Crippen molar-refractivity contribution >= 4 is 0 Å². The molecule has 0 aliphatic carbocycles. The lowest BCUT2D eigenvalue weighted by Gasteiger charge is -2.17. The van der Waals surface area contributed by atoms with Crippen molar-refractivity contribution < 1.29 is 22.9 Å². The molecule has 0 amide bonds. The highest BCUT2D eigenvalue weighted by Gasteiger charge is 2.33. The Balaban J connectivity index is 3.82. The zero-order valence-corrected chi connectivity index (χ0v) is 6.16. The monoisotopic (exact) mass is 136 g/mol. The van der Waals surface area contributed by atoms with Crippen LogP contribution in [0.4, 0.5) is 0 Å². The Morgan fingerprint density at radius 1 is 0.667 bits per heavy atom. The van der Waals surface area contributed by atoms with Crippen molar-refractivity contribution in [2.45, 2.75) is 0 Å². The van der Waals surface area contributed by atoms with Gasteiger partial charge in [0.05, 0.1) is 26.2 Å². The van der Waals surface area contributed by atoms with Crippen molar-refractivity contribution in [3.05, 3.63) is 0 Å². The van der Waals surface area contributed by atoms with Gasteiger partial charge in [-0.3, -0.25) is 0 Å². The van der Waals surface area contributed by atoms with Crippen LogP contribution in [-0.2, 0) is 0 Å². The van der Waals surface area contributed by atoms with Crippen molar-refractivity contribution in [3.63, 3.8) is 0 Å². The predicted octanol–water partition coefficient (Wildman–Crippen LogP) is -5.06. The Kier molecular flexibility index (Phi) is 3.72. The molecule has 0 aliphatic rings. The molecule has 0 radical (unpaired) electrons. The molecule has 0 aliphatic heterocycles. The summed E-state index contributed by atoms with van der Waals surface area (Å²) >= 11 is 0. The second-order valence-corrected chi connectivity index (χ2v) is 2.50. The number of hydrogen-bond donors (Lipinski definition) is 4. The third-order valence-corrected chi connectivity index (χ3v) is 2.12. The molecular formula is C5H20N4+4. The molecule has 4 nitrogen and oxygen atoms in total. The summed E-state index contributed by atoms with van der Waals surface area (Å²) in [6.45, 7) is 3.62. The Morgan fingerprint density at radius 3 is 0.889 bits per heavy atom. The molecule has 0 aromatic carbocycles. The van der Waals surface area contributed by atoms with Crippen molar-refractivity contribution in [1.29, 1.82) is 0 Å². The predicted molar refractivity (Wildman–Crippen MR) is 33.5 cm³/mol. The maximum Gasteiger partial charge on any atom is 0.164 e. The van der Waals surface area contributed by atoms with Crippen LogP contribution in [0.25, 0.3) is 0 Å². The van der Waals surface area contributed by atoms with Crippen LogP contribution in [-0.4, -0.2) is 26.2 Å². The number of rotatable bonds is 4. The minimum Gasteiger partial charge on any atom is -0.357 e. The fraction of sp³-hybridized carbons (Fsp3) is 1.00. The highest BCUT2D eigenvalue weighted by atomic mass is 14.8. The van der Waals surface area contributed by atoms with Gasteiger partial charge in [-0.15, -0.1) is 0 Å². The lowest BCUT2D eigenvalue weighted by molar-refractivity contribution is -0.519. The molecule has 0 saturated carbocycles. The smallest absolute Gasteiger partial charge is 0.164 e. The van der Waals surface area contributed by atoms with Crippen LogP contribution >= 0.6 is 0 Å². The second-order valence-electron chi connectivity index (χ2n) is 2.50. The number of quaternary nitrogens is 4. The molecule has 0 spiro atoms. The molecular weight excluding hydrogens is 116 g/mol. The third-order valence-electron chi connectivity index (χ3n) is 2.12. The fourth-order valence-electron chi connectivity index (χ4n) is 0.750. The Labute approximate surface area is 55.6 Å². The lowest BCUT2D eigenvalue weighted by Crippen LogP contribution is -2.80. The maximum atomic E-state index is 3.85. The van der Waals surface area contributed by atoms with E-state index in [2.05, 4.69) is 22.9 Å². The molecule has 0 bridgehead atoms. The van der Waals surface area contributed by atoms with Crippen LogP contribution in [0.5, 0.6) is 0 Å². The third kappa shape index (κ3) is 1.91. The molecule has 12 N–H and O–H groups in total. The van der Waals surface area contributed by atoms with E-state index < -0.39 is 0 Å². The summed E-state index contributed by atoms with van der Waals surface area (Å²) in [5.74, 6) is 0. The van der Waals surface area contributed by atoms with Crippen LogP contribution in [0, 0.1) is 5.41 Å². The van der Waals surface area contributed by atoms with Crippen molar-refractivity contribution in [2.75, 3.05) is 26.2 Å². The van der Waals surface area contributed by atoms with Gasteiger partial charge in [-0.1, -0.05) is 0 Å². The van der Waals surface area contributed by atoms with Crippen LogP contribution in [0.2, 0.25) is 0 Å². The van der Waals surface area contributed by atoms with Gasteiger partial charge in [-0.25, -0.2) is 0 Å².